The lowest BCUT2D eigenvalue weighted by molar-refractivity contribution is 0.0406. The molecule has 112 valence electrons. The van der Waals surface area contributed by atoms with Crippen LogP contribution in [-0.2, 0) is 9.47 Å². The van der Waals surface area contributed by atoms with Crippen LogP contribution in [0.2, 0.25) is 0 Å². The van der Waals surface area contributed by atoms with E-state index in [0.29, 0.717) is 23.5 Å². The van der Waals surface area contributed by atoms with Crippen molar-refractivity contribution in [2.24, 2.45) is 11.3 Å². The van der Waals surface area contributed by atoms with E-state index >= 15 is 0 Å². The van der Waals surface area contributed by atoms with Crippen LogP contribution in [0.15, 0.2) is 0 Å². The predicted molar refractivity (Wildman–Crippen MR) is 78.4 cm³/mol. The molecular formula is C16H31NO2. The quantitative estimate of drug-likeness (QED) is 0.771. The Morgan fingerprint density at radius 1 is 1.26 bits per heavy atom. The van der Waals surface area contributed by atoms with Gasteiger partial charge in [0.1, 0.15) is 0 Å². The molecule has 3 heteroatoms. The molecule has 0 aliphatic carbocycles. The van der Waals surface area contributed by atoms with E-state index in [9.17, 15) is 0 Å². The maximum Gasteiger partial charge on any atom is 0.0616 e. The summed E-state index contributed by atoms with van der Waals surface area (Å²) in [5, 5.41) is 3.65. The van der Waals surface area contributed by atoms with Crippen LogP contribution in [0.4, 0.5) is 0 Å². The molecule has 0 amide bonds. The van der Waals surface area contributed by atoms with Gasteiger partial charge in [0.2, 0.25) is 0 Å². The van der Waals surface area contributed by atoms with E-state index < -0.39 is 0 Å². The van der Waals surface area contributed by atoms with Crippen LogP contribution >= 0.6 is 0 Å². The van der Waals surface area contributed by atoms with Crippen LogP contribution in [0.25, 0.3) is 0 Å². The van der Waals surface area contributed by atoms with Crippen molar-refractivity contribution in [3.05, 3.63) is 0 Å². The van der Waals surface area contributed by atoms with Crippen molar-refractivity contribution in [1.29, 1.82) is 0 Å². The fourth-order valence-corrected chi connectivity index (χ4v) is 3.40. The minimum Gasteiger partial charge on any atom is -0.378 e. The van der Waals surface area contributed by atoms with Gasteiger partial charge in [-0.3, -0.25) is 0 Å². The van der Waals surface area contributed by atoms with E-state index in [1.54, 1.807) is 0 Å². The van der Waals surface area contributed by atoms with Gasteiger partial charge in [0.05, 0.1) is 12.2 Å². The minimum atomic E-state index is 0.334. The third-order valence-electron chi connectivity index (χ3n) is 4.85. The van der Waals surface area contributed by atoms with Crippen LogP contribution in [0, 0.1) is 11.3 Å². The molecule has 0 aromatic rings. The molecule has 0 spiro atoms. The summed E-state index contributed by atoms with van der Waals surface area (Å²) < 4.78 is 11.6. The Morgan fingerprint density at radius 3 is 2.68 bits per heavy atom. The number of ether oxygens (including phenoxy) is 2. The summed E-state index contributed by atoms with van der Waals surface area (Å²) in [7, 11) is 0. The maximum absolute atomic E-state index is 5.86. The molecule has 0 bridgehead atoms. The van der Waals surface area contributed by atoms with Gasteiger partial charge >= 0.3 is 0 Å². The summed E-state index contributed by atoms with van der Waals surface area (Å²) in [6, 6.07) is 0. The predicted octanol–water partition coefficient (Wildman–Crippen LogP) is 2.99. The first-order valence-electron chi connectivity index (χ1n) is 8.06. The van der Waals surface area contributed by atoms with Crippen molar-refractivity contribution in [3.8, 4) is 0 Å². The summed E-state index contributed by atoms with van der Waals surface area (Å²) in [6.07, 6.45) is 7.04. The largest absolute Gasteiger partial charge is 0.378 e. The second kappa shape index (κ2) is 7.05. The molecule has 2 aliphatic heterocycles. The van der Waals surface area contributed by atoms with E-state index in [2.05, 4.69) is 26.1 Å². The van der Waals surface area contributed by atoms with E-state index in [1.165, 1.54) is 32.1 Å². The fourth-order valence-electron chi connectivity index (χ4n) is 3.40. The summed E-state index contributed by atoms with van der Waals surface area (Å²) in [5.41, 5.74) is 0.334. The van der Waals surface area contributed by atoms with Gasteiger partial charge in [-0.25, -0.2) is 0 Å². The van der Waals surface area contributed by atoms with Gasteiger partial charge in [-0.1, -0.05) is 13.8 Å². The third kappa shape index (κ3) is 4.17. The fraction of sp³-hybridized carbons (Fsp3) is 1.00. The lowest BCUT2D eigenvalue weighted by Gasteiger charge is -2.34. The number of rotatable bonds is 7. The molecule has 0 radical (unpaired) electrons. The molecule has 0 saturated carbocycles. The highest BCUT2D eigenvalue weighted by Crippen LogP contribution is 2.40. The molecule has 3 nitrogen and oxygen atoms in total. The first-order valence-corrected chi connectivity index (χ1v) is 8.06. The molecule has 0 aromatic carbocycles. The monoisotopic (exact) mass is 269 g/mol. The highest BCUT2D eigenvalue weighted by atomic mass is 16.5. The van der Waals surface area contributed by atoms with E-state index in [4.69, 9.17) is 9.47 Å². The Balaban J connectivity index is 1.83. The molecule has 2 rings (SSSR count). The van der Waals surface area contributed by atoms with Crippen LogP contribution in [0.5, 0.6) is 0 Å². The standard InChI is InChI=1S/C16H31NO2/c1-13(2)11-17-12-16(8-10-18-14(16)3)7-6-15-5-4-9-19-15/h13-15,17H,4-12H2,1-3H3. The van der Waals surface area contributed by atoms with Crippen molar-refractivity contribution in [2.75, 3.05) is 26.3 Å². The van der Waals surface area contributed by atoms with Gasteiger partial charge in [0.25, 0.3) is 0 Å². The van der Waals surface area contributed by atoms with Gasteiger partial charge in [0.15, 0.2) is 0 Å². The maximum atomic E-state index is 5.86. The zero-order valence-electron chi connectivity index (χ0n) is 12.9. The zero-order valence-corrected chi connectivity index (χ0v) is 12.9. The lowest BCUT2D eigenvalue weighted by Crippen LogP contribution is -2.41. The lowest BCUT2D eigenvalue weighted by atomic mass is 9.76. The van der Waals surface area contributed by atoms with Crippen molar-refractivity contribution < 1.29 is 9.47 Å². The van der Waals surface area contributed by atoms with E-state index in [-0.39, 0.29) is 0 Å². The van der Waals surface area contributed by atoms with Gasteiger partial charge in [0, 0.05) is 25.2 Å². The van der Waals surface area contributed by atoms with Gasteiger partial charge in [-0.05, 0) is 51.5 Å². The third-order valence-corrected chi connectivity index (χ3v) is 4.85. The molecule has 3 atom stereocenters. The Morgan fingerprint density at radius 2 is 2.11 bits per heavy atom. The summed E-state index contributed by atoms with van der Waals surface area (Å²) in [5.74, 6) is 0.716. The molecule has 0 aromatic heterocycles. The number of hydrogen-bond donors (Lipinski definition) is 1. The van der Waals surface area contributed by atoms with Gasteiger partial charge < -0.3 is 14.8 Å². The normalized spacial score (nSPS) is 35.4. The first-order chi connectivity index (χ1) is 9.12. The molecule has 2 saturated heterocycles. The Labute approximate surface area is 118 Å². The Kier molecular flexibility index (Phi) is 5.67. The molecule has 2 heterocycles. The van der Waals surface area contributed by atoms with Crippen LogP contribution in [-0.4, -0.2) is 38.5 Å². The number of hydrogen-bond acceptors (Lipinski definition) is 3. The van der Waals surface area contributed by atoms with Crippen molar-refractivity contribution >= 4 is 0 Å². The Hall–Kier alpha value is -0.120. The molecule has 2 fully saturated rings. The molecule has 19 heavy (non-hydrogen) atoms. The average Bonchev–Trinajstić information content (AvgIpc) is 2.98. The van der Waals surface area contributed by atoms with Crippen LogP contribution < -0.4 is 5.32 Å². The van der Waals surface area contributed by atoms with Crippen LogP contribution in [0.3, 0.4) is 0 Å². The zero-order chi connectivity index (χ0) is 13.7. The summed E-state index contributed by atoms with van der Waals surface area (Å²) in [4.78, 5) is 0. The molecule has 3 unspecified atom stereocenters. The number of nitrogens with one attached hydrogen (secondary N) is 1. The molecular weight excluding hydrogens is 238 g/mol. The van der Waals surface area contributed by atoms with Crippen molar-refractivity contribution in [1.82, 2.24) is 5.32 Å². The topological polar surface area (TPSA) is 30.5 Å². The highest BCUT2D eigenvalue weighted by Gasteiger charge is 2.41. The van der Waals surface area contributed by atoms with Crippen molar-refractivity contribution in [2.45, 2.75) is 65.1 Å². The minimum absolute atomic E-state index is 0.334. The average molecular weight is 269 g/mol. The van der Waals surface area contributed by atoms with Gasteiger partial charge in [-0.15, -0.1) is 0 Å². The Bertz CT molecular complexity index is 263. The second-order valence-electron chi connectivity index (χ2n) is 6.82. The SMILES string of the molecule is CC(C)CNCC1(CCC2CCCO2)CCOC1C. The molecule has 2 aliphatic rings. The van der Waals surface area contributed by atoms with E-state index in [1.807, 2.05) is 0 Å². The van der Waals surface area contributed by atoms with E-state index in [0.717, 1.165) is 26.3 Å². The highest BCUT2D eigenvalue weighted by molar-refractivity contribution is 4.92. The van der Waals surface area contributed by atoms with Crippen molar-refractivity contribution in [3.63, 3.8) is 0 Å². The van der Waals surface area contributed by atoms with Crippen LogP contribution in [0.1, 0.15) is 52.9 Å². The second-order valence-corrected chi connectivity index (χ2v) is 6.82. The summed E-state index contributed by atoms with van der Waals surface area (Å²) in [6.45, 7) is 10.9. The van der Waals surface area contributed by atoms with Gasteiger partial charge in [-0.2, -0.15) is 0 Å². The summed E-state index contributed by atoms with van der Waals surface area (Å²) >= 11 is 0. The smallest absolute Gasteiger partial charge is 0.0616 e. The molecule has 1 N–H and O–H groups in total. The first kappa shape index (κ1) is 15.3.